The quantitative estimate of drug-likeness (QED) is 0.898. The second-order valence-electron chi connectivity index (χ2n) is 5.92. The SMILES string of the molecule is [2H]c1nc(=N[C@@H]2CCN(C(=O)OC(C)(C)C)C2)[nH]c(OC([2H])([2H])[2H])c1Cl. The molecule has 2 heterocycles. The number of rotatable bonds is 2. The van der Waals surface area contributed by atoms with Crippen LogP contribution in [-0.2, 0) is 4.74 Å². The van der Waals surface area contributed by atoms with Crippen molar-refractivity contribution >= 4 is 17.7 Å². The summed E-state index contributed by atoms with van der Waals surface area (Å²) in [5.41, 5.74) is -0.575. The Hall–Kier alpha value is -1.76. The first-order valence-electron chi connectivity index (χ1n) is 8.81. The van der Waals surface area contributed by atoms with Crippen LogP contribution in [0.15, 0.2) is 11.2 Å². The first kappa shape index (κ1) is 11.8. The number of methoxy groups -OCH3 is 1. The monoisotopic (exact) mass is 332 g/mol. The molecule has 1 atom stereocenters. The zero-order valence-corrected chi connectivity index (χ0v) is 13.4. The predicted octanol–water partition coefficient (Wildman–Crippen LogP) is 1.98. The highest BCUT2D eigenvalue weighted by molar-refractivity contribution is 6.31. The average molecular weight is 333 g/mol. The van der Waals surface area contributed by atoms with Crippen LogP contribution in [0.1, 0.15) is 32.7 Å². The number of halogens is 1. The van der Waals surface area contributed by atoms with E-state index >= 15 is 0 Å². The van der Waals surface area contributed by atoms with Crippen LogP contribution < -0.4 is 10.4 Å². The minimum Gasteiger partial charge on any atom is -0.481 e. The van der Waals surface area contributed by atoms with Gasteiger partial charge in [0.25, 0.3) is 0 Å². The van der Waals surface area contributed by atoms with E-state index in [1.165, 1.54) is 4.90 Å². The zero-order valence-electron chi connectivity index (χ0n) is 16.6. The van der Waals surface area contributed by atoms with Crippen molar-refractivity contribution in [3.8, 4) is 5.88 Å². The molecule has 2 rings (SSSR count). The van der Waals surface area contributed by atoms with Gasteiger partial charge in [0.1, 0.15) is 10.6 Å². The van der Waals surface area contributed by atoms with E-state index in [0.717, 1.165) is 0 Å². The van der Waals surface area contributed by atoms with Gasteiger partial charge in [-0.1, -0.05) is 11.6 Å². The summed E-state index contributed by atoms with van der Waals surface area (Å²) in [6.45, 7) is 6.17. The van der Waals surface area contributed by atoms with Crippen molar-refractivity contribution in [2.75, 3.05) is 20.1 Å². The van der Waals surface area contributed by atoms with Gasteiger partial charge < -0.3 is 14.4 Å². The fourth-order valence-corrected chi connectivity index (χ4v) is 2.11. The van der Waals surface area contributed by atoms with E-state index in [9.17, 15) is 4.79 Å². The van der Waals surface area contributed by atoms with Crippen molar-refractivity contribution in [1.82, 2.24) is 14.9 Å². The van der Waals surface area contributed by atoms with Crippen molar-refractivity contribution in [2.45, 2.75) is 38.8 Å². The Bertz CT molecular complexity index is 745. The molecule has 0 unspecified atom stereocenters. The number of likely N-dealkylation sites (tertiary alicyclic amines) is 1. The van der Waals surface area contributed by atoms with Gasteiger partial charge in [-0.3, -0.25) is 4.98 Å². The summed E-state index contributed by atoms with van der Waals surface area (Å²) in [6.07, 6.45) is -0.193. The van der Waals surface area contributed by atoms with Crippen molar-refractivity contribution in [1.29, 1.82) is 0 Å². The first-order valence-corrected chi connectivity index (χ1v) is 7.19. The molecule has 1 aromatic rings. The number of ether oxygens (including phenoxy) is 2. The van der Waals surface area contributed by atoms with E-state index in [2.05, 4.69) is 15.0 Å². The molecule has 8 heteroatoms. The van der Waals surface area contributed by atoms with Crippen molar-refractivity contribution in [3.63, 3.8) is 0 Å². The van der Waals surface area contributed by atoms with E-state index in [1.54, 1.807) is 20.8 Å². The molecule has 0 spiro atoms. The van der Waals surface area contributed by atoms with Crippen molar-refractivity contribution < 1.29 is 19.8 Å². The van der Waals surface area contributed by atoms with Gasteiger partial charge in [-0.05, 0) is 27.2 Å². The maximum Gasteiger partial charge on any atom is 0.410 e. The fourth-order valence-electron chi connectivity index (χ4n) is 1.98. The Morgan fingerprint density at radius 1 is 1.68 bits per heavy atom. The van der Waals surface area contributed by atoms with Gasteiger partial charge in [0.15, 0.2) is 0 Å². The highest BCUT2D eigenvalue weighted by atomic mass is 35.5. The number of hydrogen-bond acceptors (Lipinski definition) is 5. The highest BCUT2D eigenvalue weighted by Crippen LogP contribution is 2.18. The lowest BCUT2D eigenvalue weighted by molar-refractivity contribution is 0.0292. The summed E-state index contributed by atoms with van der Waals surface area (Å²) in [5, 5.41) is -0.248. The van der Waals surface area contributed by atoms with Gasteiger partial charge in [-0.25, -0.2) is 14.8 Å². The van der Waals surface area contributed by atoms with Crippen LogP contribution in [0.2, 0.25) is 5.02 Å². The molecule has 0 radical (unpaired) electrons. The van der Waals surface area contributed by atoms with Crippen LogP contribution in [0.25, 0.3) is 0 Å². The van der Waals surface area contributed by atoms with Crippen LogP contribution in [0.5, 0.6) is 5.88 Å². The summed E-state index contributed by atoms with van der Waals surface area (Å²) in [5.74, 6) is -0.299. The molecule has 0 aliphatic carbocycles. The maximum atomic E-state index is 12.1. The van der Waals surface area contributed by atoms with E-state index in [4.69, 9.17) is 26.6 Å². The number of hydrogen-bond donors (Lipinski definition) is 1. The number of amides is 1. The molecule has 0 aromatic carbocycles. The average Bonchev–Trinajstić information content (AvgIpc) is 2.89. The molecule has 1 N–H and O–H groups in total. The Balaban J connectivity index is 2.17. The molecule has 1 fully saturated rings. The molecular formula is C14H21ClN4O3. The molecule has 0 bridgehead atoms. The smallest absolute Gasteiger partial charge is 0.410 e. The van der Waals surface area contributed by atoms with Crippen LogP contribution in [0, 0.1) is 0 Å². The molecule has 0 saturated carbocycles. The summed E-state index contributed by atoms with van der Waals surface area (Å²) < 4.78 is 39.2. The summed E-state index contributed by atoms with van der Waals surface area (Å²) in [4.78, 5) is 24.4. The Kier molecular flexibility index (Phi) is 3.51. The third kappa shape index (κ3) is 4.37. The molecular weight excluding hydrogens is 308 g/mol. The first-order chi connectivity index (χ1) is 11.8. The van der Waals surface area contributed by atoms with Crippen LogP contribution in [0.3, 0.4) is 0 Å². The highest BCUT2D eigenvalue weighted by Gasteiger charge is 2.29. The molecule has 7 nitrogen and oxygen atoms in total. The summed E-state index contributed by atoms with van der Waals surface area (Å²) in [7, 11) is -2.73. The summed E-state index contributed by atoms with van der Waals surface area (Å²) in [6, 6.07) is -0.271. The number of nitrogens with zero attached hydrogens (tertiary/aromatic N) is 3. The Morgan fingerprint density at radius 2 is 2.45 bits per heavy atom. The van der Waals surface area contributed by atoms with E-state index in [-0.39, 0.29) is 28.7 Å². The second-order valence-corrected chi connectivity index (χ2v) is 6.29. The van der Waals surface area contributed by atoms with Gasteiger partial charge in [-0.2, -0.15) is 0 Å². The summed E-state index contributed by atoms with van der Waals surface area (Å²) >= 11 is 5.85. The zero-order chi connectivity index (χ0) is 19.7. The molecule has 1 amide bonds. The lowest BCUT2D eigenvalue weighted by Gasteiger charge is -2.24. The van der Waals surface area contributed by atoms with Crippen molar-refractivity contribution in [3.05, 3.63) is 16.8 Å². The number of aromatic amines is 1. The minimum absolute atomic E-state index is 0.00897. The number of H-pyrrole nitrogens is 1. The lowest BCUT2D eigenvalue weighted by atomic mass is 10.2. The van der Waals surface area contributed by atoms with E-state index in [1.807, 2.05) is 0 Å². The van der Waals surface area contributed by atoms with Crippen LogP contribution in [-0.4, -0.2) is 52.7 Å². The minimum atomic E-state index is -2.73. The normalized spacial score (nSPS) is 22.6. The van der Waals surface area contributed by atoms with Crippen LogP contribution >= 0.6 is 11.6 Å². The number of carbonyl (C=O) groups excluding carboxylic acids is 1. The van der Waals surface area contributed by atoms with Gasteiger partial charge in [0.2, 0.25) is 11.5 Å². The molecule has 1 aliphatic rings. The third-order valence-corrected chi connectivity index (χ3v) is 3.16. The Labute approximate surface area is 139 Å². The second kappa shape index (κ2) is 6.56. The van der Waals surface area contributed by atoms with Gasteiger partial charge in [0.05, 0.1) is 24.7 Å². The standard InChI is InChI=1S/C14H21ClN4O3/c1-14(2,3)22-13(20)19-6-5-9(8-19)17-12-16-7-10(15)11(18-12)21-4/h7,9H,5-6,8H2,1-4H3,(H,16,17,18)/t9-/m1/s1/i4D3,7D. The van der Waals surface area contributed by atoms with Crippen molar-refractivity contribution in [2.24, 2.45) is 4.99 Å². The number of aromatic nitrogens is 2. The Morgan fingerprint density at radius 3 is 3.14 bits per heavy atom. The molecule has 1 aromatic heterocycles. The van der Waals surface area contributed by atoms with E-state index < -0.39 is 18.7 Å². The fraction of sp³-hybridized carbons (Fsp3) is 0.643. The van der Waals surface area contributed by atoms with Gasteiger partial charge in [-0.15, -0.1) is 0 Å². The largest absolute Gasteiger partial charge is 0.481 e. The predicted molar refractivity (Wildman–Crippen MR) is 81.9 cm³/mol. The molecule has 22 heavy (non-hydrogen) atoms. The van der Waals surface area contributed by atoms with E-state index in [0.29, 0.717) is 19.5 Å². The van der Waals surface area contributed by atoms with Gasteiger partial charge in [0, 0.05) is 13.1 Å². The molecule has 1 aliphatic heterocycles. The maximum absolute atomic E-state index is 12.1. The third-order valence-electron chi connectivity index (χ3n) is 2.91. The van der Waals surface area contributed by atoms with Crippen LogP contribution in [0.4, 0.5) is 4.79 Å². The topological polar surface area (TPSA) is 79.8 Å². The number of nitrogens with one attached hydrogen (secondary N) is 1. The lowest BCUT2D eigenvalue weighted by Crippen LogP contribution is -2.35. The molecule has 1 saturated heterocycles. The van der Waals surface area contributed by atoms with Gasteiger partial charge >= 0.3 is 6.09 Å². The molecule has 122 valence electrons. The number of carbonyl (C=O) groups is 1.